The molecule has 0 bridgehead atoms. The zero-order valence-electron chi connectivity index (χ0n) is 17.1. The maximum Gasteiger partial charge on any atom is 0.223 e. The summed E-state index contributed by atoms with van der Waals surface area (Å²) < 4.78 is 0. The molecule has 1 atom stereocenters. The molecule has 162 valence electrons. The monoisotopic (exact) mass is 533 g/mol. The van der Waals surface area contributed by atoms with Crippen molar-refractivity contribution < 1.29 is 4.79 Å². The zero-order valence-corrected chi connectivity index (χ0v) is 20.2. The van der Waals surface area contributed by atoms with Gasteiger partial charge in [-0.15, -0.1) is 24.0 Å². The van der Waals surface area contributed by atoms with Gasteiger partial charge in [-0.1, -0.05) is 23.7 Å². The van der Waals surface area contributed by atoms with Crippen LogP contribution in [0.25, 0.3) is 0 Å². The summed E-state index contributed by atoms with van der Waals surface area (Å²) in [6.07, 6.45) is 4.54. The SMILES string of the molecule is CCNC(=NCC(c1cccc(Cl)c1)N1CCCC1)NCCNC(=O)C1CC1.I. The molecule has 2 fully saturated rings. The van der Waals surface area contributed by atoms with Crippen LogP contribution >= 0.6 is 35.6 Å². The van der Waals surface area contributed by atoms with Gasteiger partial charge in [0.05, 0.1) is 12.6 Å². The lowest BCUT2D eigenvalue weighted by Crippen LogP contribution is -2.42. The number of aliphatic imine (C=N–C) groups is 1. The predicted octanol–water partition coefficient (Wildman–Crippen LogP) is 3.18. The molecule has 1 aliphatic heterocycles. The van der Waals surface area contributed by atoms with E-state index in [9.17, 15) is 4.79 Å². The van der Waals surface area contributed by atoms with Crippen LogP contribution in [0.3, 0.4) is 0 Å². The third kappa shape index (κ3) is 7.94. The van der Waals surface area contributed by atoms with Crippen LogP contribution in [-0.4, -0.2) is 56.0 Å². The number of amides is 1. The quantitative estimate of drug-likeness (QED) is 0.197. The van der Waals surface area contributed by atoms with Crippen LogP contribution in [0.2, 0.25) is 5.02 Å². The Balaban J connectivity index is 0.00000300. The highest BCUT2D eigenvalue weighted by Gasteiger charge is 2.29. The second-order valence-electron chi connectivity index (χ2n) is 7.53. The molecule has 1 aliphatic carbocycles. The fraction of sp³-hybridized carbons (Fsp3) is 0.619. The van der Waals surface area contributed by atoms with E-state index in [-0.39, 0.29) is 41.8 Å². The Morgan fingerprint density at radius 1 is 1.21 bits per heavy atom. The molecule has 2 aliphatic rings. The van der Waals surface area contributed by atoms with E-state index in [4.69, 9.17) is 16.6 Å². The normalized spacial score (nSPS) is 18.1. The Labute approximate surface area is 196 Å². The third-order valence-corrected chi connectivity index (χ3v) is 5.48. The van der Waals surface area contributed by atoms with Crippen molar-refractivity contribution in [3.05, 3.63) is 34.9 Å². The van der Waals surface area contributed by atoms with E-state index in [0.717, 1.165) is 43.5 Å². The first-order valence-corrected chi connectivity index (χ1v) is 10.8. The number of carbonyl (C=O) groups excluding carboxylic acids is 1. The molecule has 29 heavy (non-hydrogen) atoms. The molecule has 8 heteroatoms. The van der Waals surface area contributed by atoms with Gasteiger partial charge in [0.1, 0.15) is 0 Å². The fourth-order valence-corrected chi connectivity index (χ4v) is 3.77. The lowest BCUT2D eigenvalue weighted by atomic mass is 10.1. The van der Waals surface area contributed by atoms with Gasteiger partial charge in [0.25, 0.3) is 0 Å². The minimum absolute atomic E-state index is 0. The van der Waals surface area contributed by atoms with Gasteiger partial charge in [-0.2, -0.15) is 0 Å². The summed E-state index contributed by atoms with van der Waals surface area (Å²) in [4.78, 5) is 19.0. The summed E-state index contributed by atoms with van der Waals surface area (Å²) in [7, 11) is 0. The maximum absolute atomic E-state index is 11.7. The van der Waals surface area contributed by atoms with Crippen molar-refractivity contribution in [1.82, 2.24) is 20.9 Å². The number of benzene rings is 1. The Morgan fingerprint density at radius 2 is 1.93 bits per heavy atom. The summed E-state index contributed by atoms with van der Waals surface area (Å²) >= 11 is 6.23. The van der Waals surface area contributed by atoms with Gasteiger partial charge >= 0.3 is 0 Å². The van der Waals surface area contributed by atoms with E-state index >= 15 is 0 Å². The van der Waals surface area contributed by atoms with E-state index in [2.05, 4.69) is 33.8 Å². The van der Waals surface area contributed by atoms with Crippen molar-refractivity contribution >= 4 is 47.4 Å². The average Bonchev–Trinajstić information content (AvgIpc) is 3.41. The van der Waals surface area contributed by atoms with Crippen molar-refractivity contribution in [2.75, 3.05) is 39.3 Å². The summed E-state index contributed by atoms with van der Waals surface area (Å²) in [5, 5.41) is 10.4. The molecule has 1 aromatic carbocycles. The van der Waals surface area contributed by atoms with Crippen molar-refractivity contribution in [2.24, 2.45) is 10.9 Å². The van der Waals surface area contributed by atoms with Crippen molar-refractivity contribution in [1.29, 1.82) is 0 Å². The van der Waals surface area contributed by atoms with Crippen LogP contribution < -0.4 is 16.0 Å². The van der Waals surface area contributed by atoms with Crippen molar-refractivity contribution in [3.8, 4) is 0 Å². The molecule has 3 N–H and O–H groups in total. The lowest BCUT2D eigenvalue weighted by Gasteiger charge is -2.27. The molecule has 1 heterocycles. The Hall–Kier alpha value is -1.06. The standard InChI is InChI=1S/C21H32ClN5O.HI/c1-2-23-21(25-11-10-24-20(28)16-8-9-16)26-15-19(27-12-3-4-13-27)17-6-5-7-18(22)14-17;/h5-7,14,16,19H,2-4,8-13,15H2,1H3,(H,24,28)(H2,23,25,26);1H. The molecule has 1 amide bonds. The number of likely N-dealkylation sites (tertiary alicyclic amines) is 1. The number of nitrogens with zero attached hydrogens (tertiary/aromatic N) is 2. The summed E-state index contributed by atoms with van der Waals surface area (Å²) in [6.45, 7) is 7.00. The van der Waals surface area contributed by atoms with E-state index in [1.165, 1.54) is 18.4 Å². The molecule has 1 saturated carbocycles. The van der Waals surface area contributed by atoms with Gasteiger partial charge in [0.2, 0.25) is 5.91 Å². The van der Waals surface area contributed by atoms with Gasteiger partial charge in [0, 0.05) is 30.6 Å². The Bertz CT molecular complexity index is 677. The highest BCUT2D eigenvalue weighted by molar-refractivity contribution is 14.0. The largest absolute Gasteiger partial charge is 0.357 e. The molecule has 1 unspecified atom stereocenters. The summed E-state index contributed by atoms with van der Waals surface area (Å²) in [6, 6.07) is 8.34. The number of hydrogen-bond donors (Lipinski definition) is 3. The molecule has 0 aromatic heterocycles. The first-order chi connectivity index (χ1) is 13.7. The number of guanidine groups is 1. The van der Waals surface area contributed by atoms with Crippen LogP contribution in [0.5, 0.6) is 0 Å². The second kappa shape index (κ2) is 12.6. The zero-order chi connectivity index (χ0) is 19.8. The van der Waals surface area contributed by atoms with Crippen molar-refractivity contribution in [3.63, 3.8) is 0 Å². The van der Waals surface area contributed by atoms with E-state index < -0.39 is 0 Å². The summed E-state index contributed by atoms with van der Waals surface area (Å²) in [5.74, 6) is 1.22. The first kappa shape index (κ1) is 24.2. The molecular weight excluding hydrogens is 501 g/mol. The highest BCUT2D eigenvalue weighted by atomic mass is 127. The molecule has 6 nitrogen and oxygen atoms in total. The van der Waals surface area contributed by atoms with Gasteiger partial charge in [-0.25, -0.2) is 0 Å². The third-order valence-electron chi connectivity index (χ3n) is 5.25. The minimum Gasteiger partial charge on any atom is -0.357 e. The van der Waals surface area contributed by atoms with Crippen molar-refractivity contribution in [2.45, 2.75) is 38.6 Å². The molecule has 3 rings (SSSR count). The van der Waals surface area contributed by atoms with Gasteiger partial charge in [-0.05, 0) is 63.4 Å². The van der Waals surface area contributed by atoms with Crippen LogP contribution in [0.1, 0.15) is 44.2 Å². The molecule has 0 radical (unpaired) electrons. The molecule has 1 aromatic rings. The predicted molar refractivity (Wildman–Crippen MR) is 130 cm³/mol. The van der Waals surface area contributed by atoms with Crippen LogP contribution in [0, 0.1) is 5.92 Å². The van der Waals surface area contributed by atoms with Crippen LogP contribution in [-0.2, 0) is 4.79 Å². The van der Waals surface area contributed by atoms with Crippen LogP contribution in [0.15, 0.2) is 29.3 Å². The van der Waals surface area contributed by atoms with Gasteiger partial charge in [0.15, 0.2) is 5.96 Å². The minimum atomic E-state index is 0. The first-order valence-electron chi connectivity index (χ1n) is 10.5. The lowest BCUT2D eigenvalue weighted by molar-refractivity contribution is -0.122. The van der Waals surface area contributed by atoms with E-state index in [1.54, 1.807) is 0 Å². The number of carbonyl (C=O) groups is 1. The van der Waals surface area contributed by atoms with Gasteiger partial charge in [-0.3, -0.25) is 14.7 Å². The van der Waals surface area contributed by atoms with E-state index in [1.807, 2.05) is 18.2 Å². The Kier molecular flexibility index (Phi) is 10.5. The molecule has 1 saturated heterocycles. The van der Waals surface area contributed by atoms with Gasteiger partial charge < -0.3 is 16.0 Å². The maximum atomic E-state index is 11.7. The number of rotatable bonds is 9. The average molecular weight is 534 g/mol. The fourth-order valence-electron chi connectivity index (χ4n) is 3.57. The number of nitrogens with one attached hydrogen (secondary N) is 3. The topological polar surface area (TPSA) is 68.8 Å². The number of hydrogen-bond acceptors (Lipinski definition) is 3. The second-order valence-corrected chi connectivity index (χ2v) is 7.96. The highest BCUT2D eigenvalue weighted by Crippen LogP contribution is 2.28. The molecule has 0 spiro atoms. The summed E-state index contributed by atoms with van der Waals surface area (Å²) in [5.41, 5.74) is 1.21. The number of halogens is 2. The smallest absolute Gasteiger partial charge is 0.223 e. The van der Waals surface area contributed by atoms with Crippen LogP contribution in [0.4, 0.5) is 0 Å². The van der Waals surface area contributed by atoms with E-state index in [0.29, 0.717) is 19.6 Å². The molecular formula is C21H33ClIN5O. The Morgan fingerprint density at radius 3 is 2.59 bits per heavy atom.